The summed E-state index contributed by atoms with van der Waals surface area (Å²) < 4.78 is 15.5. The van der Waals surface area contributed by atoms with Crippen LogP contribution in [0.25, 0.3) is 0 Å². The number of nitrogens with zero attached hydrogens (tertiary/aromatic N) is 2. The van der Waals surface area contributed by atoms with Crippen LogP contribution in [0.5, 0.6) is 0 Å². The first-order valence-corrected chi connectivity index (χ1v) is 8.41. The molecule has 1 saturated heterocycles. The molecule has 1 heterocycles. The zero-order valence-corrected chi connectivity index (χ0v) is 17.4. The zero-order valence-electron chi connectivity index (χ0n) is 15.1. The normalized spacial score (nSPS) is 15.8. The van der Waals surface area contributed by atoms with E-state index >= 15 is 0 Å². The van der Waals surface area contributed by atoms with Gasteiger partial charge in [0.25, 0.3) is 0 Å². The number of likely N-dealkylation sites (tertiary alicyclic amines) is 1. The van der Waals surface area contributed by atoms with Crippen molar-refractivity contribution in [3.8, 4) is 0 Å². The van der Waals surface area contributed by atoms with Crippen molar-refractivity contribution in [1.82, 2.24) is 10.2 Å². The molecule has 1 aliphatic heterocycles. The number of hydrogen-bond donors (Lipinski definition) is 1. The quantitative estimate of drug-likeness (QED) is 0.186. The van der Waals surface area contributed by atoms with E-state index in [1.807, 2.05) is 6.92 Å². The molecule has 1 N–H and O–H groups in total. The van der Waals surface area contributed by atoms with Gasteiger partial charge in [0.2, 0.25) is 0 Å². The van der Waals surface area contributed by atoms with Gasteiger partial charge < -0.3 is 24.4 Å². The van der Waals surface area contributed by atoms with Crippen molar-refractivity contribution >= 4 is 35.9 Å². The molecule has 0 aromatic rings. The minimum Gasteiger partial charge on any atom is -0.466 e. The molecule has 24 heavy (non-hydrogen) atoms. The predicted molar refractivity (Wildman–Crippen MR) is 105 cm³/mol. The molecular weight excluding hydrogens is 425 g/mol. The number of halogens is 1. The second-order valence-corrected chi connectivity index (χ2v) is 5.45. The molecule has 7 nitrogen and oxygen atoms in total. The number of rotatable bonds is 9. The number of ether oxygens (including phenoxy) is 3. The highest BCUT2D eigenvalue weighted by Gasteiger charge is 2.27. The number of nitrogens with one attached hydrogen (secondary N) is 1. The third-order valence-corrected chi connectivity index (χ3v) is 3.81. The van der Waals surface area contributed by atoms with Crippen molar-refractivity contribution < 1.29 is 19.0 Å². The smallest absolute Gasteiger partial charge is 0.309 e. The van der Waals surface area contributed by atoms with E-state index in [0.717, 1.165) is 44.9 Å². The van der Waals surface area contributed by atoms with Crippen LogP contribution in [0, 0.1) is 5.92 Å². The van der Waals surface area contributed by atoms with Gasteiger partial charge in [0, 0.05) is 40.4 Å². The second-order valence-electron chi connectivity index (χ2n) is 5.45. The number of guanidine groups is 1. The summed E-state index contributed by atoms with van der Waals surface area (Å²) in [5.41, 5.74) is 0. The highest BCUT2D eigenvalue weighted by atomic mass is 127. The van der Waals surface area contributed by atoms with E-state index in [1.54, 1.807) is 14.2 Å². The summed E-state index contributed by atoms with van der Waals surface area (Å²) >= 11 is 0. The van der Waals surface area contributed by atoms with Gasteiger partial charge in [0.15, 0.2) is 5.96 Å². The molecule has 1 aliphatic rings. The fourth-order valence-electron chi connectivity index (χ4n) is 2.54. The number of hydrogen-bond acceptors (Lipinski definition) is 5. The molecule has 0 atom stereocenters. The van der Waals surface area contributed by atoms with Gasteiger partial charge in [-0.15, -0.1) is 24.0 Å². The Hall–Kier alpha value is -0.610. The highest BCUT2D eigenvalue weighted by molar-refractivity contribution is 14.0. The molecular formula is C16H32IN3O4. The van der Waals surface area contributed by atoms with Crippen molar-refractivity contribution in [2.45, 2.75) is 26.2 Å². The van der Waals surface area contributed by atoms with Gasteiger partial charge in [-0.05, 0) is 26.2 Å². The molecule has 0 aromatic carbocycles. The Kier molecular flexibility index (Phi) is 14.3. The van der Waals surface area contributed by atoms with Crippen molar-refractivity contribution in [2.75, 3.05) is 60.2 Å². The van der Waals surface area contributed by atoms with Crippen LogP contribution < -0.4 is 5.32 Å². The van der Waals surface area contributed by atoms with E-state index < -0.39 is 0 Å². The minimum atomic E-state index is -0.0664. The molecule has 1 rings (SSSR count). The van der Waals surface area contributed by atoms with E-state index in [0.29, 0.717) is 26.4 Å². The number of methoxy groups -OCH3 is 1. The first kappa shape index (κ1) is 23.4. The summed E-state index contributed by atoms with van der Waals surface area (Å²) in [6.45, 7) is 6.74. The van der Waals surface area contributed by atoms with E-state index in [-0.39, 0.29) is 35.9 Å². The lowest BCUT2D eigenvalue weighted by molar-refractivity contribution is -0.149. The fourth-order valence-corrected chi connectivity index (χ4v) is 2.54. The lowest BCUT2D eigenvalue weighted by atomic mass is 9.97. The Labute approximate surface area is 162 Å². The number of esters is 1. The number of carbonyl (C=O) groups excluding carboxylic acids is 1. The van der Waals surface area contributed by atoms with Crippen molar-refractivity contribution in [3.05, 3.63) is 0 Å². The summed E-state index contributed by atoms with van der Waals surface area (Å²) in [6, 6.07) is 0. The van der Waals surface area contributed by atoms with Gasteiger partial charge in [-0.25, -0.2) is 0 Å². The molecule has 0 aromatic heterocycles. The molecule has 8 heteroatoms. The first-order valence-electron chi connectivity index (χ1n) is 8.41. The molecule has 142 valence electrons. The molecule has 0 unspecified atom stereocenters. The lowest BCUT2D eigenvalue weighted by Gasteiger charge is -2.33. The second kappa shape index (κ2) is 14.7. The van der Waals surface area contributed by atoms with E-state index in [2.05, 4.69) is 15.2 Å². The average molecular weight is 457 g/mol. The van der Waals surface area contributed by atoms with Crippen LogP contribution in [0.4, 0.5) is 0 Å². The molecule has 0 spiro atoms. The van der Waals surface area contributed by atoms with Crippen LogP contribution in [0.1, 0.15) is 26.2 Å². The Balaban J connectivity index is 0.00000529. The number of piperidine rings is 1. The average Bonchev–Trinajstić information content (AvgIpc) is 2.58. The first-order chi connectivity index (χ1) is 11.2. The Morgan fingerprint density at radius 1 is 1.25 bits per heavy atom. The van der Waals surface area contributed by atoms with Crippen LogP contribution in [0.2, 0.25) is 0 Å². The Morgan fingerprint density at radius 2 is 1.96 bits per heavy atom. The molecule has 0 radical (unpaired) electrons. The van der Waals surface area contributed by atoms with Crippen LogP contribution in [0.15, 0.2) is 4.99 Å². The maximum atomic E-state index is 11.8. The molecule has 0 aliphatic carbocycles. The van der Waals surface area contributed by atoms with Gasteiger partial charge in [-0.2, -0.15) is 0 Å². The van der Waals surface area contributed by atoms with Gasteiger partial charge >= 0.3 is 5.97 Å². The third-order valence-electron chi connectivity index (χ3n) is 3.81. The number of carbonyl (C=O) groups is 1. The lowest BCUT2D eigenvalue weighted by Crippen LogP contribution is -2.47. The maximum absolute atomic E-state index is 11.8. The Bertz CT molecular complexity index is 361. The standard InChI is InChI=1S/C16H31N3O4.HI/c1-4-23-15(20)14-6-9-19(10-7-14)16(17-2)18-8-5-11-22-13-12-21-3;/h14H,4-13H2,1-3H3,(H,17,18);1H. The maximum Gasteiger partial charge on any atom is 0.309 e. The van der Waals surface area contributed by atoms with Gasteiger partial charge in [-0.3, -0.25) is 9.79 Å². The Morgan fingerprint density at radius 3 is 2.54 bits per heavy atom. The number of aliphatic imine (C=N–C) groups is 1. The van der Waals surface area contributed by atoms with E-state index in [9.17, 15) is 4.79 Å². The van der Waals surface area contributed by atoms with Crippen LogP contribution in [0.3, 0.4) is 0 Å². The minimum absolute atomic E-state index is 0. The topological polar surface area (TPSA) is 72.4 Å². The van der Waals surface area contributed by atoms with Crippen molar-refractivity contribution in [3.63, 3.8) is 0 Å². The van der Waals surface area contributed by atoms with Gasteiger partial charge in [0.1, 0.15) is 0 Å². The largest absolute Gasteiger partial charge is 0.466 e. The summed E-state index contributed by atoms with van der Waals surface area (Å²) in [6.07, 6.45) is 2.56. The molecule has 1 fully saturated rings. The SMILES string of the molecule is CCOC(=O)C1CCN(C(=NC)NCCCOCCOC)CC1.I. The zero-order chi connectivity index (χ0) is 16.9. The van der Waals surface area contributed by atoms with Crippen molar-refractivity contribution in [2.24, 2.45) is 10.9 Å². The predicted octanol–water partition coefficient (Wildman–Crippen LogP) is 1.51. The highest BCUT2D eigenvalue weighted by Crippen LogP contribution is 2.18. The summed E-state index contributed by atoms with van der Waals surface area (Å²) in [5, 5.41) is 3.35. The van der Waals surface area contributed by atoms with E-state index in [4.69, 9.17) is 14.2 Å². The van der Waals surface area contributed by atoms with E-state index in [1.165, 1.54) is 0 Å². The fraction of sp³-hybridized carbons (Fsp3) is 0.875. The van der Waals surface area contributed by atoms with Crippen LogP contribution >= 0.6 is 24.0 Å². The van der Waals surface area contributed by atoms with Crippen LogP contribution in [-0.2, 0) is 19.0 Å². The third kappa shape index (κ3) is 9.03. The summed E-state index contributed by atoms with van der Waals surface area (Å²) in [5.74, 6) is 0.853. The monoisotopic (exact) mass is 457 g/mol. The molecule has 0 amide bonds. The van der Waals surface area contributed by atoms with Gasteiger partial charge in [0.05, 0.1) is 25.7 Å². The summed E-state index contributed by atoms with van der Waals surface area (Å²) in [4.78, 5) is 18.3. The summed E-state index contributed by atoms with van der Waals surface area (Å²) in [7, 11) is 3.45. The van der Waals surface area contributed by atoms with Crippen LogP contribution in [-0.4, -0.2) is 77.0 Å². The van der Waals surface area contributed by atoms with Gasteiger partial charge in [-0.1, -0.05) is 0 Å². The molecule has 0 saturated carbocycles. The molecule has 0 bridgehead atoms. The van der Waals surface area contributed by atoms with Crippen molar-refractivity contribution in [1.29, 1.82) is 0 Å².